The maximum Gasteiger partial charge on any atom is 0.432 e. The fourth-order valence-electron chi connectivity index (χ4n) is 5.18. The minimum absolute atomic E-state index is 0.104. The Morgan fingerprint density at radius 3 is 2.52 bits per heavy atom. The van der Waals surface area contributed by atoms with Gasteiger partial charge < -0.3 is 34.0 Å². The molecule has 2 amide bonds. The van der Waals surface area contributed by atoms with Gasteiger partial charge in [-0.2, -0.15) is 22.6 Å². The molecule has 0 saturated carbocycles. The van der Waals surface area contributed by atoms with Crippen molar-refractivity contribution in [1.29, 1.82) is 0 Å². The Labute approximate surface area is 271 Å². The van der Waals surface area contributed by atoms with Crippen molar-refractivity contribution >= 4 is 21.8 Å². The third-order valence-electron chi connectivity index (χ3n) is 7.63. The first-order valence-corrected chi connectivity index (χ1v) is 15.7. The molecule has 3 N–H and O–H groups in total. The topological polar surface area (TPSA) is 174 Å². The number of sulfonamides is 1. The van der Waals surface area contributed by atoms with Gasteiger partial charge in [0.05, 0.1) is 26.8 Å². The van der Waals surface area contributed by atoms with E-state index in [1.54, 1.807) is 18.2 Å². The molecule has 4 bridgehead atoms. The second-order valence-corrected chi connectivity index (χ2v) is 12.6. The summed E-state index contributed by atoms with van der Waals surface area (Å²) in [6.45, 7) is -0.742. The average Bonchev–Trinajstić information content (AvgIpc) is 3.83. The van der Waals surface area contributed by atoms with E-state index >= 15 is 0 Å². The van der Waals surface area contributed by atoms with Crippen LogP contribution in [0.4, 0.5) is 13.2 Å². The number of hydrogen-bond donors (Lipinski definition) is 3. The number of benzene rings is 2. The van der Waals surface area contributed by atoms with Gasteiger partial charge in [-0.3, -0.25) is 14.7 Å². The molecule has 14 nitrogen and oxygen atoms in total. The number of nitrogens with one attached hydrogen (secondary N) is 3. The highest BCUT2D eigenvalue weighted by atomic mass is 32.2. The number of carbonyl (C=O) groups is 2. The Bertz CT molecular complexity index is 1960. The lowest BCUT2D eigenvalue weighted by Crippen LogP contribution is -2.45. The first-order chi connectivity index (χ1) is 22.8. The zero-order chi connectivity index (χ0) is 34.2. The van der Waals surface area contributed by atoms with Crippen molar-refractivity contribution < 1.29 is 54.5 Å². The number of nitrogens with zero attached hydrogens (tertiary/aromatic N) is 2. The van der Waals surface area contributed by atoms with Gasteiger partial charge in [0.2, 0.25) is 5.09 Å². The van der Waals surface area contributed by atoms with Crippen molar-refractivity contribution in [3.8, 4) is 34.5 Å². The number of amides is 2. The van der Waals surface area contributed by atoms with E-state index in [1.165, 1.54) is 38.5 Å². The summed E-state index contributed by atoms with van der Waals surface area (Å²) in [4.78, 5) is 26.0. The van der Waals surface area contributed by atoms with Gasteiger partial charge >= 0.3 is 6.18 Å². The third kappa shape index (κ3) is 6.75. The van der Waals surface area contributed by atoms with E-state index in [9.17, 15) is 31.2 Å². The zero-order valence-electron chi connectivity index (χ0n) is 25.3. The smallest absolute Gasteiger partial charge is 0.432 e. The normalized spacial score (nSPS) is 19.0. The molecule has 5 heterocycles. The SMILES string of the molecule is COc1cc2cc(c1)C(=O)N[C@H]1CN(S(=O)(=O)c3ccc(-c4cc(C(F)(F)F)[nH]n4)o3)C[C@@H]1Oc1ccc(c(OC)c1)CNC(=O)CO2. The van der Waals surface area contributed by atoms with E-state index in [-0.39, 0.29) is 54.8 Å². The van der Waals surface area contributed by atoms with Crippen LogP contribution in [0.5, 0.6) is 23.0 Å². The molecule has 4 aromatic rings. The van der Waals surface area contributed by atoms with Crippen LogP contribution in [0.1, 0.15) is 21.6 Å². The van der Waals surface area contributed by atoms with Crippen LogP contribution in [0.15, 0.2) is 64.1 Å². The molecule has 18 heteroatoms. The Kier molecular flexibility index (Phi) is 8.69. The summed E-state index contributed by atoms with van der Waals surface area (Å²) in [6.07, 6.45) is -5.61. The molecular formula is C30H28F3N5O9S. The van der Waals surface area contributed by atoms with Crippen molar-refractivity contribution in [2.75, 3.05) is 33.9 Å². The first-order valence-electron chi connectivity index (χ1n) is 14.3. The highest BCUT2D eigenvalue weighted by Crippen LogP contribution is 2.34. The fraction of sp³-hybridized carbons (Fsp3) is 0.300. The highest BCUT2D eigenvalue weighted by molar-refractivity contribution is 7.89. The van der Waals surface area contributed by atoms with E-state index in [2.05, 4.69) is 15.7 Å². The van der Waals surface area contributed by atoms with E-state index in [4.69, 9.17) is 23.4 Å². The molecule has 7 rings (SSSR count). The second-order valence-electron chi connectivity index (χ2n) is 10.8. The molecule has 0 spiro atoms. The molecule has 0 radical (unpaired) electrons. The predicted octanol–water partition coefficient (Wildman–Crippen LogP) is 2.96. The van der Waals surface area contributed by atoms with Crippen LogP contribution in [-0.2, 0) is 27.5 Å². The van der Waals surface area contributed by atoms with E-state index in [0.717, 1.165) is 10.4 Å². The van der Waals surface area contributed by atoms with Gasteiger partial charge in [-0.25, -0.2) is 8.42 Å². The summed E-state index contributed by atoms with van der Waals surface area (Å²) in [6, 6.07) is 11.3. The van der Waals surface area contributed by atoms with Crippen LogP contribution in [0.25, 0.3) is 11.5 Å². The van der Waals surface area contributed by atoms with Crippen molar-refractivity contribution in [2.45, 2.75) is 30.0 Å². The van der Waals surface area contributed by atoms with Gasteiger partial charge in [0, 0.05) is 36.3 Å². The van der Waals surface area contributed by atoms with Crippen LogP contribution in [0, 0.1) is 0 Å². The fourth-order valence-corrected chi connectivity index (χ4v) is 6.57. The maximum absolute atomic E-state index is 13.7. The van der Waals surface area contributed by atoms with Gasteiger partial charge in [0.25, 0.3) is 21.8 Å². The van der Waals surface area contributed by atoms with Crippen molar-refractivity contribution in [3.05, 3.63) is 71.4 Å². The first kappa shape index (κ1) is 32.7. The summed E-state index contributed by atoms with van der Waals surface area (Å²) >= 11 is 0. The quantitative estimate of drug-likeness (QED) is 0.282. The second kappa shape index (κ2) is 12.8. The zero-order valence-corrected chi connectivity index (χ0v) is 26.1. The van der Waals surface area contributed by atoms with Gasteiger partial charge in [-0.15, -0.1) is 0 Å². The summed E-state index contributed by atoms with van der Waals surface area (Å²) < 4.78 is 95.7. The molecule has 48 heavy (non-hydrogen) atoms. The number of alkyl halides is 3. The molecule has 3 aliphatic heterocycles. The van der Waals surface area contributed by atoms with E-state index in [0.29, 0.717) is 23.1 Å². The number of carbonyl (C=O) groups excluding carboxylic acids is 2. The summed E-state index contributed by atoms with van der Waals surface area (Å²) in [5, 5.41) is 10.4. The lowest BCUT2D eigenvalue weighted by Gasteiger charge is -2.22. The molecular weight excluding hydrogens is 663 g/mol. The van der Waals surface area contributed by atoms with E-state index < -0.39 is 50.9 Å². The molecule has 254 valence electrons. The number of fused-ring (bicyclic) bond motifs is 7. The molecule has 2 aromatic carbocycles. The summed E-state index contributed by atoms with van der Waals surface area (Å²) in [5.41, 5.74) is -0.639. The third-order valence-corrected chi connectivity index (χ3v) is 9.34. The number of furan rings is 1. The number of rotatable bonds is 5. The number of ether oxygens (including phenoxy) is 4. The Balaban J connectivity index is 1.32. The summed E-state index contributed by atoms with van der Waals surface area (Å²) in [5.74, 6) is -0.118. The minimum Gasteiger partial charge on any atom is -0.497 e. The van der Waals surface area contributed by atoms with Gasteiger partial charge in [-0.1, -0.05) is 0 Å². The lowest BCUT2D eigenvalue weighted by molar-refractivity contribution is -0.141. The monoisotopic (exact) mass is 691 g/mol. The van der Waals surface area contributed by atoms with Crippen LogP contribution in [0.2, 0.25) is 0 Å². The number of halogens is 3. The Morgan fingerprint density at radius 1 is 0.979 bits per heavy atom. The molecule has 1 saturated heterocycles. The van der Waals surface area contributed by atoms with Gasteiger partial charge in [-0.05, 0) is 42.5 Å². The van der Waals surface area contributed by atoms with Crippen molar-refractivity contribution in [3.63, 3.8) is 0 Å². The van der Waals surface area contributed by atoms with Gasteiger partial charge in [0.15, 0.2) is 12.4 Å². The number of hydrogen-bond acceptors (Lipinski definition) is 10. The largest absolute Gasteiger partial charge is 0.497 e. The predicted molar refractivity (Wildman–Crippen MR) is 159 cm³/mol. The van der Waals surface area contributed by atoms with E-state index in [1.807, 2.05) is 5.10 Å². The lowest BCUT2D eigenvalue weighted by atomic mass is 10.1. The minimum atomic E-state index is -4.69. The standard InChI is InChI=1S/C30H28F3N5O9S/c1-43-19-7-17-8-20(9-19)45-15-27(39)34-12-16-3-4-18(10-24(16)44-2)46-25-14-38(13-22(25)35-29(17)40)48(41,42)28-6-5-23(47-28)21-11-26(37-36-21)30(31,32)33/h3-11,22,25H,12-15H2,1-2H3,(H,34,39)(H,35,40)(H,36,37)/t22-,25-/m0/s1. The molecule has 0 aliphatic carbocycles. The summed E-state index contributed by atoms with van der Waals surface area (Å²) in [7, 11) is -1.55. The van der Waals surface area contributed by atoms with Crippen LogP contribution < -0.4 is 29.6 Å². The number of aromatic amines is 1. The van der Waals surface area contributed by atoms with Crippen molar-refractivity contribution in [1.82, 2.24) is 25.1 Å². The van der Waals surface area contributed by atoms with Crippen LogP contribution in [-0.4, -0.2) is 80.8 Å². The van der Waals surface area contributed by atoms with Crippen LogP contribution in [0.3, 0.4) is 0 Å². The van der Waals surface area contributed by atoms with Gasteiger partial charge in [0.1, 0.15) is 40.5 Å². The molecule has 1 fully saturated rings. The molecule has 0 unspecified atom stereocenters. The highest BCUT2D eigenvalue weighted by Gasteiger charge is 2.43. The Morgan fingerprint density at radius 2 is 1.79 bits per heavy atom. The molecule has 2 atom stereocenters. The number of methoxy groups -OCH3 is 2. The Hall–Kier alpha value is -5.23. The van der Waals surface area contributed by atoms with Crippen molar-refractivity contribution in [2.24, 2.45) is 0 Å². The molecule has 3 aliphatic rings. The van der Waals surface area contributed by atoms with Crippen LogP contribution >= 0.6 is 0 Å². The number of H-pyrrole nitrogens is 1. The molecule has 2 aromatic heterocycles. The average molecular weight is 692 g/mol. The number of aromatic nitrogens is 2. The maximum atomic E-state index is 13.7.